The first-order valence-electron chi connectivity index (χ1n) is 13.6. The predicted molar refractivity (Wildman–Crippen MR) is 139 cm³/mol. The van der Waals surface area contributed by atoms with Crippen molar-refractivity contribution in [2.75, 3.05) is 5.32 Å². The van der Waals surface area contributed by atoms with Gasteiger partial charge in [0.2, 0.25) is 5.82 Å². The molecule has 5 rings (SSSR count). The molecular weight excluding hydrogens is 491 g/mol. The number of alkyl halides is 3. The average molecular weight is 526 g/mol. The van der Waals surface area contributed by atoms with Gasteiger partial charge in [-0.25, -0.2) is 4.98 Å². The molecule has 2 aliphatic rings. The van der Waals surface area contributed by atoms with E-state index in [1.807, 2.05) is 22.8 Å². The second-order valence-corrected chi connectivity index (χ2v) is 11.2. The molecule has 3 aromatic heterocycles. The Hall–Kier alpha value is -3.22. The maximum atomic E-state index is 13.3. The Morgan fingerprint density at radius 1 is 1.08 bits per heavy atom. The summed E-state index contributed by atoms with van der Waals surface area (Å²) in [6.45, 7) is 6.83. The number of anilines is 1. The van der Waals surface area contributed by atoms with E-state index in [1.165, 1.54) is 6.42 Å². The summed E-state index contributed by atoms with van der Waals surface area (Å²) >= 11 is 0. The van der Waals surface area contributed by atoms with Crippen molar-refractivity contribution in [1.82, 2.24) is 24.5 Å². The Bertz CT molecular complexity index is 1330. The summed E-state index contributed by atoms with van der Waals surface area (Å²) in [6, 6.07) is 6.18. The zero-order chi connectivity index (χ0) is 27.0. The fourth-order valence-electron chi connectivity index (χ4n) is 5.69. The number of aromatic nitrogens is 5. The van der Waals surface area contributed by atoms with E-state index in [2.05, 4.69) is 41.0 Å². The highest BCUT2D eigenvalue weighted by molar-refractivity contribution is 5.87. The lowest BCUT2D eigenvalue weighted by atomic mass is 9.80. The van der Waals surface area contributed by atoms with E-state index in [9.17, 15) is 18.4 Å². The van der Waals surface area contributed by atoms with Gasteiger partial charge in [0, 0.05) is 18.8 Å². The normalized spacial score (nSPS) is 21.3. The van der Waals surface area contributed by atoms with Gasteiger partial charge < -0.3 is 9.88 Å². The molecule has 3 aromatic rings. The van der Waals surface area contributed by atoms with Crippen molar-refractivity contribution >= 4 is 17.0 Å². The summed E-state index contributed by atoms with van der Waals surface area (Å²) in [5.74, 6) is 0.834. The molecule has 2 aliphatic carbocycles. The van der Waals surface area contributed by atoms with Gasteiger partial charge in [0.15, 0.2) is 17.3 Å². The van der Waals surface area contributed by atoms with Gasteiger partial charge in [0.05, 0.1) is 5.92 Å². The Labute approximate surface area is 220 Å². The van der Waals surface area contributed by atoms with E-state index < -0.39 is 12.1 Å². The van der Waals surface area contributed by atoms with Crippen molar-refractivity contribution in [2.24, 2.45) is 17.8 Å². The zero-order valence-electron chi connectivity index (χ0n) is 22.1. The molecule has 0 radical (unpaired) electrons. The zero-order valence-corrected chi connectivity index (χ0v) is 22.1. The van der Waals surface area contributed by atoms with E-state index in [-0.39, 0.29) is 36.5 Å². The number of fused-ring (bicyclic) bond motifs is 1. The third kappa shape index (κ3) is 5.33. The van der Waals surface area contributed by atoms with Crippen LogP contribution < -0.4 is 5.32 Å². The second kappa shape index (κ2) is 10.5. The van der Waals surface area contributed by atoms with Crippen LogP contribution in [0.1, 0.15) is 83.0 Å². The largest absolute Gasteiger partial charge is 0.391 e. The smallest absolute Gasteiger partial charge is 0.365 e. The number of nitrogens with one attached hydrogen (secondary N) is 1. The summed E-state index contributed by atoms with van der Waals surface area (Å²) in [6.07, 6.45) is 2.36. The van der Waals surface area contributed by atoms with Gasteiger partial charge in [-0.15, -0.1) is 0 Å². The quantitative estimate of drug-likeness (QED) is 0.363. The highest BCUT2D eigenvalue weighted by atomic mass is 19.4. The van der Waals surface area contributed by atoms with Crippen LogP contribution in [0, 0.1) is 29.1 Å². The van der Waals surface area contributed by atoms with Crippen molar-refractivity contribution in [3.05, 3.63) is 29.7 Å². The van der Waals surface area contributed by atoms with Gasteiger partial charge in [-0.2, -0.15) is 28.4 Å². The molecule has 2 saturated carbocycles. The molecule has 1 atom stereocenters. The van der Waals surface area contributed by atoms with Crippen LogP contribution in [0.2, 0.25) is 0 Å². The molecule has 3 heterocycles. The molecular formula is C28H34F3N7. The monoisotopic (exact) mass is 525 g/mol. The first kappa shape index (κ1) is 26.4. The maximum absolute atomic E-state index is 13.3. The number of rotatable bonds is 7. The minimum Gasteiger partial charge on any atom is -0.365 e. The number of hydrogen-bond donors (Lipinski definition) is 1. The minimum absolute atomic E-state index is 0.0339. The highest BCUT2D eigenvalue weighted by Gasteiger charge is 2.41. The summed E-state index contributed by atoms with van der Waals surface area (Å²) in [5.41, 5.74) is 2.87. The Balaban J connectivity index is 1.58. The topological polar surface area (TPSA) is 92.3 Å². The van der Waals surface area contributed by atoms with Crippen molar-refractivity contribution in [1.29, 1.82) is 5.26 Å². The fraction of sp³-hybridized carbons (Fsp3) is 0.607. The van der Waals surface area contributed by atoms with E-state index in [0.717, 1.165) is 18.4 Å². The lowest BCUT2D eigenvalue weighted by Gasteiger charge is -2.32. The molecule has 0 amide bonds. The van der Waals surface area contributed by atoms with Crippen LogP contribution in [0.25, 0.3) is 22.7 Å². The molecule has 0 saturated heterocycles. The third-order valence-electron chi connectivity index (χ3n) is 8.35. The molecule has 202 valence electrons. The molecule has 0 spiro atoms. The molecule has 0 aliphatic heterocycles. The Morgan fingerprint density at radius 3 is 2.42 bits per heavy atom. The lowest BCUT2D eigenvalue weighted by Crippen LogP contribution is -2.31. The number of nitrogens with zero attached hydrogens (tertiary/aromatic N) is 6. The summed E-state index contributed by atoms with van der Waals surface area (Å²) in [5, 5.41) is 13.2. The van der Waals surface area contributed by atoms with Crippen LogP contribution in [0.15, 0.2) is 18.3 Å². The number of nitriles is 1. The van der Waals surface area contributed by atoms with Crippen LogP contribution >= 0.6 is 0 Å². The van der Waals surface area contributed by atoms with E-state index in [4.69, 9.17) is 4.98 Å². The third-order valence-corrected chi connectivity index (χ3v) is 8.35. The Morgan fingerprint density at radius 2 is 1.82 bits per heavy atom. The average Bonchev–Trinajstić information content (AvgIpc) is 3.21. The van der Waals surface area contributed by atoms with Crippen molar-refractivity contribution in [3.8, 4) is 17.6 Å². The number of hydrogen-bond acceptors (Lipinski definition) is 6. The van der Waals surface area contributed by atoms with Crippen molar-refractivity contribution in [2.45, 2.75) is 90.4 Å². The van der Waals surface area contributed by atoms with Gasteiger partial charge in [-0.3, -0.25) is 4.98 Å². The van der Waals surface area contributed by atoms with Crippen LogP contribution in [-0.4, -0.2) is 36.7 Å². The summed E-state index contributed by atoms with van der Waals surface area (Å²) < 4.78 is 42.0. The molecule has 10 heteroatoms. The van der Waals surface area contributed by atoms with Gasteiger partial charge in [-0.1, -0.05) is 20.3 Å². The van der Waals surface area contributed by atoms with Crippen LogP contribution in [0.4, 0.5) is 19.0 Å². The number of halogens is 3. The van der Waals surface area contributed by atoms with Crippen LogP contribution in [-0.2, 0) is 6.54 Å². The molecule has 2 fully saturated rings. The van der Waals surface area contributed by atoms with Gasteiger partial charge in [0.25, 0.3) is 0 Å². The molecule has 0 bridgehead atoms. The van der Waals surface area contributed by atoms with E-state index in [0.29, 0.717) is 53.8 Å². The standard InChI is InChI=1S/C28H34F3N7/c1-16(2)20-11-12-33-22(13-20)27-37-26-24(38(27)15-18-7-9-21(10-8-18)28(29,30)31)25(35-23(14-32)36-26)34-17(3)19-5-4-6-19/h11-13,16-19,21H,4-10,15H2,1-3H3,(H,34,35,36)/t17-,18?,21?/m1/s1. The second-order valence-electron chi connectivity index (χ2n) is 11.2. The SMILES string of the molecule is CC(C)c1ccnc(-c2nc3nc(C#N)nc(N[C@H](C)C4CCC4)c3n2CC2CCC(C(F)(F)F)CC2)c1. The molecule has 0 unspecified atom stereocenters. The number of pyridine rings is 1. The molecule has 1 N–H and O–H groups in total. The van der Waals surface area contributed by atoms with Gasteiger partial charge in [-0.05, 0) is 80.9 Å². The minimum atomic E-state index is -4.14. The first-order valence-corrected chi connectivity index (χ1v) is 13.6. The van der Waals surface area contributed by atoms with Gasteiger partial charge in [0.1, 0.15) is 17.3 Å². The van der Waals surface area contributed by atoms with Gasteiger partial charge >= 0.3 is 6.18 Å². The summed E-state index contributed by atoms with van der Waals surface area (Å²) in [4.78, 5) is 18.4. The summed E-state index contributed by atoms with van der Waals surface area (Å²) in [7, 11) is 0. The van der Waals surface area contributed by atoms with Crippen LogP contribution in [0.3, 0.4) is 0 Å². The van der Waals surface area contributed by atoms with E-state index >= 15 is 0 Å². The molecule has 0 aromatic carbocycles. The first-order chi connectivity index (χ1) is 18.1. The molecule has 7 nitrogen and oxygen atoms in total. The van der Waals surface area contributed by atoms with E-state index in [1.54, 1.807) is 6.20 Å². The molecule has 38 heavy (non-hydrogen) atoms. The highest BCUT2D eigenvalue weighted by Crippen LogP contribution is 2.41. The van der Waals surface area contributed by atoms with Crippen molar-refractivity contribution in [3.63, 3.8) is 0 Å². The Kier molecular flexibility index (Phi) is 7.30. The number of imidazole rings is 1. The lowest BCUT2D eigenvalue weighted by molar-refractivity contribution is -0.184. The van der Waals surface area contributed by atoms with Crippen LogP contribution in [0.5, 0.6) is 0 Å². The maximum Gasteiger partial charge on any atom is 0.391 e. The van der Waals surface area contributed by atoms with Crippen molar-refractivity contribution < 1.29 is 13.2 Å². The predicted octanol–water partition coefficient (Wildman–Crippen LogP) is 6.85. The fourth-order valence-corrected chi connectivity index (χ4v) is 5.69.